The van der Waals surface area contributed by atoms with E-state index in [1.807, 2.05) is 0 Å². The van der Waals surface area contributed by atoms with Crippen molar-refractivity contribution >= 4 is 23.9 Å². The highest BCUT2D eigenvalue weighted by atomic mass is 16.6. The fraction of sp³-hybridized carbons (Fsp3) is 0.565. The van der Waals surface area contributed by atoms with Crippen molar-refractivity contribution in [2.75, 3.05) is 13.7 Å². The van der Waals surface area contributed by atoms with Crippen LogP contribution in [0.5, 0.6) is 5.75 Å². The molecule has 184 valence electrons. The van der Waals surface area contributed by atoms with E-state index in [0.717, 1.165) is 0 Å². The maximum Gasteiger partial charge on any atom is 0.408 e. The number of benzene rings is 1. The molecule has 1 rings (SSSR count). The lowest BCUT2D eigenvalue weighted by Gasteiger charge is -2.42. The molecule has 0 heterocycles. The van der Waals surface area contributed by atoms with E-state index in [0.29, 0.717) is 0 Å². The number of hydrogen-bond donors (Lipinski definition) is 3. The van der Waals surface area contributed by atoms with Gasteiger partial charge in [0.2, 0.25) is 11.8 Å². The number of nitrogens with zero attached hydrogens (tertiary/aromatic N) is 1. The van der Waals surface area contributed by atoms with E-state index in [2.05, 4.69) is 15.4 Å². The summed E-state index contributed by atoms with van der Waals surface area (Å²) in [5, 5.41) is 15.4. The molecule has 0 spiro atoms. The number of carbonyl (C=O) groups excluding carboxylic acids is 4. The number of alkyl carbamates (subject to hydrolysis) is 1. The molecule has 1 aromatic carbocycles. The Balaban J connectivity index is 3.39. The number of carbonyl (C=O) groups is 4. The summed E-state index contributed by atoms with van der Waals surface area (Å²) in [5.41, 5.74) is -1.52. The predicted molar refractivity (Wildman–Crippen MR) is 121 cm³/mol. The summed E-state index contributed by atoms with van der Waals surface area (Å²) in [6, 6.07) is 3.74. The Hall–Kier alpha value is -3.30. The van der Waals surface area contributed by atoms with Crippen LogP contribution in [0.3, 0.4) is 0 Å². The van der Waals surface area contributed by atoms with Crippen molar-refractivity contribution in [1.29, 1.82) is 0 Å². The van der Waals surface area contributed by atoms with Crippen LogP contribution in [0.15, 0.2) is 24.3 Å². The molecule has 0 bridgehead atoms. The second-order valence-corrected chi connectivity index (χ2v) is 9.50. The summed E-state index contributed by atoms with van der Waals surface area (Å²) in [6.07, 6.45) is -0.786. The van der Waals surface area contributed by atoms with Gasteiger partial charge in [0.1, 0.15) is 30.0 Å². The van der Waals surface area contributed by atoms with Crippen molar-refractivity contribution in [3.8, 4) is 5.75 Å². The molecule has 1 aromatic rings. The van der Waals surface area contributed by atoms with Crippen molar-refractivity contribution in [1.82, 2.24) is 15.5 Å². The van der Waals surface area contributed by atoms with Gasteiger partial charge in [0.25, 0.3) is 0 Å². The van der Waals surface area contributed by atoms with E-state index in [4.69, 9.17) is 4.74 Å². The fourth-order valence-electron chi connectivity index (χ4n) is 3.04. The summed E-state index contributed by atoms with van der Waals surface area (Å²) < 4.78 is 9.78. The van der Waals surface area contributed by atoms with Gasteiger partial charge < -0.3 is 30.1 Å². The van der Waals surface area contributed by atoms with Crippen molar-refractivity contribution < 1.29 is 33.8 Å². The molecule has 0 radical (unpaired) electrons. The van der Waals surface area contributed by atoms with Gasteiger partial charge >= 0.3 is 12.1 Å². The molecule has 10 heteroatoms. The first-order chi connectivity index (χ1) is 15.1. The van der Waals surface area contributed by atoms with Gasteiger partial charge in [0.05, 0.1) is 7.11 Å². The molecule has 0 aliphatic carbocycles. The minimum absolute atomic E-state index is 0.160. The molecule has 33 heavy (non-hydrogen) atoms. The lowest BCUT2D eigenvalue weighted by molar-refractivity contribution is -0.149. The first-order valence-corrected chi connectivity index (χ1v) is 10.5. The van der Waals surface area contributed by atoms with Gasteiger partial charge in [0, 0.05) is 11.1 Å². The van der Waals surface area contributed by atoms with Gasteiger partial charge in [-0.2, -0.15) is 0 Å². The molecule has 0 aliphatic rings. The Morgan fingerprint density at radius 3 is 2.12 bits per heavy atom. The highest BCUT2D eigenvalue weighted by molar-refractivity contribution is 5.93. The number of methoxy groups -OCH3 is 1. The second-order valence-electron chi connectivity index (χ2n) is 9.50. The average molecular weight is 466 g/mol. The van der Waals surface area contributed by atoms with E-state index in [1.54, 1.807) is 53.7 Å². The number of ether oxygens (including phenoxy) is 2. The Labute approximate surface area is 194 Å². The predicted octanol–water partition coefficient (Wildman–Crippen LogP) is 2.26. The van der Waals surface area contributed by atoms with E-state index in [1.165, 1.54) is 31.1 Å². The first kappa shape index (κ1) is 27.7. The molecule has 2 unspecified atom stereocenters. The number of esters is 1. The number of para-hydroxylation sites is 1. The van der Waals surface area contributed by atoms with Gasteiger partial charge in [-0.3, -0.25) is 14.4 Å². The number of aromatic hydroxyl groups is 1. The normalized spacial score (nSPS) is 13.3. The zero-order valence-corrected chi connectivity index (χ0v) is 20.5. The summed E-state index contributed by atoms with van der Waals surface area (Å²) in [4.78, 5) is 51.8. The molecule has 0 aromatic heterocycles. The molecule has 10 nitrogen and oxygen atoms in total. The highest BCUT2D eigenvalue weighted by Crippen LogP contribution is 2.34. The number of hydrogen-bond acceptors (Lipinski definition) is 7. The Morgan fingerprint density at radius 2 is 1.64 bits per heavy atom. The monoisotopic (exact) mass is 465 g/mol. The zero-order valence-electron chi connectivity index (χ0n) is 20.5. The minimum atomic E-state index is -1.30. The summed E-state index contributed by atoms with van der Waals surface area (Å²) in [6.45, 7) is 11.3. The van der Waals surface area contributed by atoms with Crippen LogP contribution in [0, 0.1) is 0 Å². The summed E-state index contributed by atoms with van der Waals surface area (Å²) >= 11 is 0. The quantitative estimate of drug-likeness (QED) is 0.526. The fourth-order valence-corrected chi connectivity index (χ4v) is 3.04. The van der Waals surface area contributed by atoms with Gasteiger partial charge in [-0.15, -0.1) is 0 Å². The van der Waals surface area contributed by atoms with E-state index < -0.39 is 53.6 Å². The molecule has 3 amide bonds. The lowest BCUT2D eigenvalue weighted by atomic mass is 9.95. The van der Waals surface area contributed by atoms with Gasteiger partial charge in [-0.05, 0) is 54.5 Å². The Morgan fingerprint density at radius 1 is 1.06 bits per heavy atom. The number of phenols is 1. The molecular formula is C23H35N3O7. The highest BCUT2D eigenvalue weighted by Gasteiger charge is 2.41. The third kappa shape index (κ3) is 8.28. The molecular weight excluding hydrogens is 430 g/mol. The van der Waals surface area contributed by atoms with E-state index >= 15 is 0 Å². The molecule has 3 N–H and O–H groups in total. The van der Waals surface area contributed by atoms with Crippen LogP contribution in [-0.2, 0) is 23.9 Å². The maximum absolute atomic E-state index is 13.5. The third-order valence-electron chi connectivity index (χ3n) is 4.44. The minimum Gasteiger partial charge on any atom is -0.508 e. The molecule has 0 fully saturated rings. The van der Waals surface area contributed by atoms with Crippen molar-refractivity contribution in [2.45, 2.75) is 71.7 Å². The number of phenolic OH excluding ortho intramolecular Hbond substituents is 1. The molecule has 0 aliphatic heterocycles. The first-order valence-electron chi connectivity index (χ1n) is 10.5. The van der Waals surface area contributed by atoms with Crippen LogP contribution < -0.4 is 10.6 Å². The van der Waals surface area contributed by atoms with Crippen LogP contribution in [0.2, 0.25) is 0 Å². The van der Waals surface area contributed by atoms with Crippen LogP contribution in [0.25, 0.3) is 0 Å². The van der Waals surface area contributed by atoms with Crippen LogP contribution in [0.1, 0.15) is 60.1 Å². The largest absolute Gasteiger partial charge is 0.508 e. The molecule has 2 atom stereocenters. The van der Waals surface area contributed by atoms with Crippen LogP contribution in [-0.4, -0.2) is 64.7 Å². The lowest BCUT2D eigenvalue weighted by Crippen LogP contribution is -2.58. The Bertz CT molecular complexity index is 872. The number of amides is 3. The van der Waals surface area contributed by atoms with Crippen LogP contribution in [0.4, 0.5) is 4.79 Å². The standard InChI is InChI=1S/C23H35N3O7/c1-14(25-21(31)33-23(5,6)7)20(30)26(22(2,3)4)18(15-11-9-10-12-16(15)27)19(29)24-13-17(28)32-8/h9-12,14,18,27H,13H2,1-8H3,(H,24,29)(H,25,31). The third-order valence-corrected chi connectivity index (χ3v) is 4.44. The number of rotatable bonds is 7. The molecule has 0 saturated heterocycles. The topological polar surface area (TPSA) is 134 Å². The van der Waals surface area contributed by atoms with E-state index in [9.17, 15) is 24.3 Å². The van der Waals surface area contributed by atoms with Crippen molar-refractivity contribution in [2.24, 2.45) is 0 Å². The zero-order chi connectivity index (χ0) is 25.6. The van der Waals surface area contributed by atoms with Crippen molar-refractivity contribution in [3.63, 3.8) is 0 Å². The smallest absolute Gasteiger partial charge is 0.408 e. The van der Waals surface area contributed by atoms with Gasteiger partial charge in [0.15, 0.2) is 0 Å². The van der Waals surface area contributed by atoms with Crippen LogP contribution >= 0.6 is 0 Å². The number of nitrogens with one attached hydrogen (secondary N) is 2. The second kappa shape index (κ2) is 11.0. The Kier molecular flexibility index (Phi) is 9.26. The average Bonchev–Trinajstić information content (AvgIpc) is 2.67. The van der Waals surface area contributed by atoms with Gasteiger partial charge in [-0.25, -0.2) is 4.79 Å². The van der Waals surface area contributed by atoms with Crippen molar-refractivity contribution in [3.05, 3.63) is 29.8 Å². The SMILES string of the molecule is COC(=O)CNC(=O)C(c1ccccc1O)N(C(=O)C(C)NC(=O)OC(C)(C)C)C(C)(C)C. The maximum atomic E-state index is 13.5. The summed E-state index contributed by atoms with van der Waals surface area (Å²) in [5.74, 6) is -2.16. The van der Waals surface area contributed by atoms with E-state index in [-0.39, 0.29) is 11.3 Å². The van der Waals surface area contributed by atoms with Gasteiger partial charge in [-0.1, -0.05) is 18.2 Å². The molecule has 0 saturated carbocycles. The summed E-state index contributed by atoms with van der Waals surface area (Å²) in [7, 11) is 1.18.